The van der Waals surface area contributed by atoms with Crippen molar-refractivity contribution in [3.8, 4) is 0 Å². The number of nitrogens with zero attached hydrogens (tertiary/aromatic N) is 3. The van der Waals surface area contributed by atoms with Gasteiger partial charge in [-0.05, 0) is 55.7 Å². The second-order valence-electron chi connectivity index (χ2n) is 7.89. The van der Waals surface area contributed by atoms with Crippen LogP contribution < -0.4 is 10.2 Å². The largest absolute Gasteiger partial charge is 0.312 e. The highest BCUT2D eigenvalue weighted by Crippen LogP contribution is 2.35. The van der Waals surface area contributed by atoms with Gasteiger partial charge in [-0.25, -0.2) is 0 Å². The maximum absolute atomic E-state index is 12.6. The zero-order valence-electron chi connectivity index (χ0n) is 17.8. The average molecular weight is 433 g/mol. The third-order valence-electron chi connectivity index (χ3n) is 5.19. The van der Waals surface area contributed by atoms with Crippen LogP contribution in [0.5, 0.6) is 0 Å². The van der Waals surface area contributed by atoms with Gasteiger partial charge < -0.3 is 4.90 Å². The van der Waals surface area contributed by atoms with Gasteiger partial charge in [0.15, 0.2) is 0 Å². The standard InChI is InChI=1S/C24H24N4O2S/c1-15-9-16(2)11-20(10-15)28-14-19(13-21(28)29)23-26-27-24(31-23)25-22(30)17(3)12-18-7-5-4-6-8-18/h4-12,19H,13-14H2,1-3H3,(H,25,27,30)/b17-12+. The van der Waals surface area contributed by atoms with Crippen LogP contribution in [-0.4, -0.2) is 28.6 Å². The molecule has 0 spiro atoms. The van der Waals surface area contributed by atoms with Crippen LogP contribution in [0.1, 0.15) is 41.0 Å². The van der Waals surface area contributed by atoms with E-state index in [1.54, 1.807) is 6.92 Å². The summed E-state index contributed by atoms with van der Waals surface area (Å²) in [5, 5.41) is 12.4. The Bertz CT molecular complexity index is 1130. The normalized spacial score (nSPS) is 16.6. The van der Waals surface area contributed by atoms with Gasteiger partial charge in [-0.2, -0.15) is 0 Å². The Morgan fingerprint density at radius 1 is 1.13 bits per heavy atom. The van der Waals surface area contributed by atoms with Crippen LogP contribution in [0.4, 0.5) is 10.8 Å². The summed E-state index contributed by atoms with van der Waals surface area (Å²) in [6.07, 6.45) is 2.22. The number of carbonyl (C=O) groups is 2. The Labute approximate surface area is 185 Å². The lowest BCUT2D eigenvalue weighted by atomic mass is 10.1. The lowest BCUT2D eigenvalue weighted by Gasteiger charge is -2.17. The van der Waals surface area contributed by atoms with E-state index in [2.05, 4.69) is 21.6 Å². The van der Waals surface area contributed by atoms with E-state index < -0.39 is 0 Å². The van der Waals surface area contributed by atoms with Gasteiger partial charge in [-0.15, -0.1) is 10.2 Å². The molecule has 2 amide bonds. The summed E-state index contributed by atoms with van der Waals surface area (Å²) in [7, 11) is 0. The van der Waals surface area contributed by atoms with Crippen LogP contribution in [0.2, 0.25) is 0 Å². The number of anilines is 2. The zero-order chi connectivity index (χ0) is 22.0. The van der Waals surface area contributed by atoms with Crippen molar-refractivity contribution in [2.45, 2.75) is 33.1 Å². The SMILES string of the molecule is C/C(=C\c1ccccc1)C(=O)Nc1nnc(C2CC(=O)N(c3cc(C)cc(C)c3)C2)s1. The van der Waals surface area contributed by atoms with Crippen molar-refractivity contribution >= 4 is 40.0 Å². The molecule has 31 heavy (non-hydrogen) atoms. The Balaban J connectivity index is 1.43. The predicted octanol–water partition coefficient (Wildman–Crippen LogP) is 4.72. The van der Waals surface area contributed by atoms with Gasteiger partial charge in [0.2, 0.25) is 11.0 Å². The fourth-order valence-electron chi connectivity index (χ4n) is 3.74. The highest BCUT2D eigenvalue weighted by molar-refractivity contribution is 7.15. The Morgan fingerprint density at radius 2 is 1.84 bits per heavy atom. The molecule has 2 aromatic carbocycles. The molecule has 2 heterocycles. The first-order chi connectivity index (χ1) is 14.9. The molecular formula is C24H24N4O2S. The van der Waals surface area contributed by atoms with Gasteiger partial charge in [0.1, 0.15) is 5.01 Å². The zero-order valence-corrected chi connectivity index (χ0v) is 18.6. The summed E-state index contributed by atoms with van der Waals surface area (Å²) < 4.78 is 0. The van der Waals surface area contributed by atoms with Crippen molar-refractivity contribution in [3.05, 3.63) is 75.8 Å². The van der Waals surface area contributed by atoms with Gasteiger partial charge in [0.25, 0.3) is 5.91 Å². The molecule has 0 saturated carbocycles. The van der Waals surface area contributed by atoms with Crippen molar-refractivity contribution in [2.75, 3.05) is 16.8 Å². The highest BCUT2D eigenvalue weighted by Gasteiger charge is 2.34. The molecule has 0 radical (unpaired) electrons. The number of aryl methyl sites for hydroxylation is 2. The first kappa shape index (κ1) is 20.9. The van der Waals surface area contributed by atoms with Crippen LogP contribution in [0, 0.1) is 13.8 Å². The molecule has 1 fully saturated rings. The second kappa shape index (κ2) is 8.81. The van der Waals surface area contributed by atoms with E-state index in [9.17, 15) is 9.59 Å². The molecule has 1 aliphatic heterocycles. The summed E-state index contributed by atoms with van der Waals surface area (Å²) in [6, 6.07) is 15.8. The lowest BCUT2D eigenvalue weighted by molar-refractivity contribution is -0.117. The van der Waals surface area contributed by atoms with Gasteiger partial charge >= 0.3 is 0 Å². The number of benzene rings is 2. The van der Waals surface area contributed by atoms with Gasteiger partial charge in [-0.3, -0.25) is 14.9 Å². The molecule has 1 saturated heterocycles. The van der Waals surface area contributed by atoms with Crippen LogP contribution >= 0.6 is 11.3 Å². The van der Waals surface area contributed by atoms with E-state index in [0.717, 1.165) is 27.4 Å². The fraction of sp³-hybridized carbons (Fsp3) is 0.250. The van der Waals surface area contributed by atoms with Crippen molar-refractivity contribution in [3.63, 3.8) is 0 Å². The molecule has 1 N–H and O–H groups in total. The number of carbonyl (C=O) groups excluding carboxylic acids is 2. The van der Waals surface area contributed by atoms with Crippen LogP contribution in [0.15, 0.2) is 54.1 Å². The number of nitrogens with one attached hydrogen (secondary N) is 1. The summed E-state index contributed by atoms with van der Waals surface area (Å²) in [4.78, 5) is 26.9. The summed E-state index contributed by atoms with van der Waals surface area (Å²) >= 11 is 1.33. The Kier molecular flexibility index (Phi) is 5.95. The molecule has 6 nitrogen and oxygen atoms in total. The van der Waals surface area contributed by atoms with Crippen LogP contribution in [0.25, 0.3) is 6.08 Å². The molecule has 0 aliphatic carbocycles. The minimum absolute atomic E-state index is 0.0302. The quantitative estimate of drug-likeness (QED) is 0.592. The monoisotopic (exact) mass is 432 g/mol. The molecule has 0 bridgehead atoms. The van der Waals surface area contributed by atoms with Gasteiger partial charge in [0.05, 0.1) is 0 Å². The maximum Gasteiger partial charge on any atom is 0.253 e. The van der Waals surface area contributed by atoms with E-state index in [4.69, 9.17) is 0 Å². The first-order valence-electron chi connectivity index (χ1n) is 10.2. The van der Waals surface area contributed by atoms with Gasteiger partial charge in [-0.1, -0.05) is 47.7 Å². The van der Waals surface area contributed by atoms with Gasteiger partial charge in [0, 0.05) is 30.1 Å². The molecule has 1 atom stereocenters. The molecule has 7 heteroatoms. The van der Waals surface area contributed by atoms with Crippen LogP contribution in [0.3, 0.4) is 0 Å². The minimum atomic E-state index is -0.217. The molecule has 1 aliphatic rings. The number of aromatic nitrogens is 2. The Hall–Kier alpha value is -3.32. The highest BCUT2D eigenvalue weighted by atomic mass is 32.1. The molecule has 158 valence electrons. The van der Waals surface area contributed by atoms with E-state index in [-0.39, 0.29) is 17.7 Å². The fourth-order valence-corrected chi connectivity index (χ4v) is 4.57. The predicted molar refractivity (Wildman–Crippen MR) is 124 cm³/mol. The number of rotatable bonds is 5. The van der Waals surface area contributed by atoms with E-state index >= 15 is 0 Å². The van der Waals surface area contributed by atoms with Crippen LogP contribution in [-0.2, 0) is 9.59 Å². The molecule has 1 aromatic heterocycles. The topological polar surface area (TPSA) is 75.2 Å². The molecule has 3 aromatic rings. The molecular weight excluding hydrogens is 408 g/mol. The summed E-state index contributed by atoms with van der Waals surface area (Å²) in [5.41, 5.74) is 4.73. The van der Waals surface area contributed by atoms with Crippen molar-refractivity contribution < 1.29 is 9.59 Å². The molecule has 1 unspecified atom stereocenters. The lowest BCUT2D eigenvalue weighted by Crippen LogP contribution is -2.24. The first-order valence-corrected chi connectivity index (χ1v) is 11.0. The third kappa shape index (κ3) is 4.88. The Morgan fingerprint density at radius 3 is 2.55 bits per heavy atom. The van der Waals surface area contributed by atoms with Crippen molar-refractivity contribution in [1.29, 1.82) is 0 Å². The third-order valence-corrected chi connectivity index (χ3v) is 6.20. The summed E-state index contributed by atoms with van der Waals surface area (Å²) in [5.74, 6) is -0.166. The number of hydrogen-bond acceptors (Lipinski definition) is 5. The number of amides is 2. The van der Waals surface area contributed by atoms with E-state index in [0.29, 0.717) is 23.7 Å². The number of hydrogen-bond donors (Lipinski definition) is 1. The van der Waals surface area contributed by atoms with Crippen molar-refractivity contribution in [1.82, 2.24) is 10.2 Å². The smallest absolute Gasteiger partial charge is 0.253 e. The van der Waals surface area contributed by atoms with Crippen molar-refractivity contribution in [2.24, 2.45) is 0 Å². The minimum Gasteiger partial charge on any atom is -0.312 e. The van der Waals surface area contributed by atoms with E-state index in [1.807, 2.05) is 67.3 Å². The maximum atomic E-state index is 12.6. The second-order valence-corrected chi connectivity index (χ2v) is 8.90. The summed E-state index contributed by atoms with van der Waals surface area (Å²) in [6.45, 7) is 6.39. The molecule has 4 rings (SSSR count). The average Bonchev–Trinajstić information content (AvgIpc) is 3.34. The van der Waals surface area contributed by atoms with E-state index in [1.165, 1.54) is 11.3 Å².